The number of hydrogen-bond donors (Lipinski definition) is 0. The van der Waals surface area contributed by atoms with Crippen LogP contribution in [0.3, 0.4) is 0 Å². The van der Waals surface area contributed by atoms with E-state index in [1.54, 1.807) is 26.0 Å². The molecule has 18 heavy (non-hydrogen) atoms. The highest BCUT2D eigenvalue weighted by Gasteiger charge is 2.21. The maximum Gasteiger partial charge on any atom is 0.359 e. The first kappa shape index (κ1) is 14.5. The fourth-order valence-electron chi connectivity index (χ4n) is 1.74. The second-order valence-corrected chi connectivity index (χ2v) is 5.54. The van der Waals surface area contributed by atoms with Crippen LogP contribution in [0.25, 0.3) is 0 Å². The number of ether oxygens (including phenoxy) is 1. The van der Waals surface area contributed by atoms with Crippen molar-refractivity contribution in [3.05, 3.63) is 28.8 Å². The van der Waals surface area contributed by atoms with Crippen molar-refractivity contribution in [1.82, 2.24) is 0 Å². The van der Waals surface area contributed by atoms with E-state index in [0.29, 0.717) is 11.1 Å². The van der Waals surface area contributed by atoms with E-state index in [4.69, 9.17) is 4.74 Å². The van der Waals surface area contributed by atoms with E-state index < -0.39 is 10.1 Å². The van der Waals surface area contributed by atoms with Crippen LogP contribution in [0.4, 0.5) is 0 Å². The van der Waals surface area contributed by atoms with Crippen molar-refractivity contribution < 1.29 is 17.4 Å². The molecule has 100 valence electrons. The van der Waals surface area contributed by atoms with E-state index in [0.717, 1.165) is 5.56 Å². The number of methoxy groups -OCH3 is 1. The van der Waals surface area contributed by atoms with Crippen molar-refractivity contribution in [3.63, 3.8) is 0 Å². The third-order valence-corrected chi connectivity index (χ3v) is 3.83. The smallest absolute Gasteiger partial charge is 0.359 e. The lowest BCUT2D eigenvalue weighted by atomic mass is 10.1. The minimum atomic E-state index is -3.91. The second-order valence-electron chi connectivity index (χ2n) is 4.07. The lowest BCUT2D eigenvalue weighted by Crippen LogP contribution is -2.09. The van der Waals surface area contributed by atoms with E-state index in [-0.39, 0.29) is 10.8 Å². The van der Waals surface area contributed by atoms with Gasteiger partial charge in [-0.15, -0.1) is 0 Å². The summed E-state index contributed by atoms with van der Waals surface area (Å²) in [5.41, 5.74) is 2.27. The standard InChI is InChI=1S/C12H17NO4S/c1-8-6-9(2)12(10(3)7-8)18(14,15)17-13-11(4)16-5/h6-7H,1-5H3. The molecule has 0 radical (unpaired) electrons. The first-order valence-corrected chi connectivity index (χ1v) is 6.79. The molecule has 0 bridgehead atoms. The van der Waals surface area contributed by atoms with Gasteiger partial charge in [-0.2, -0.15) is 8.42 Å². The summed E-state index contributed by atoms with van der Waals surface area (Å²) in [6, 6.07) is 3.58. The fraction of sp³-hybridized carbons (Fsp3) is 0.417. The van der Waals surface area contributed by atoms with E-state index in [1.165, 1.54) is 14.0 Å². The van der Waals surface area contributed by atoms with Crippen molar-refractivity contribution in [1.29, 1.82) is 0 Å². The molecule has 0 spiro atoms. The molecule has 0 saturated heterocycles. The molecule has 0 N–H and O–H groups in total. The Morgan fingerprint density at radius 1 is 1.17 bits per heavy atom. The van der Waals surface area contributed by atoms with Crippen molar-refractivity contribution in [2.24, 2.45) is 5.16 Å². The summed E-state index contributed by atoms with van der Waals surface area (Å²) in [6.07, 6.45) is 0. The van der Waals surface area contributed by atoms with Gasteiger partial charge in [0.15, 0.2) is 0 Å². The molecule has 0 amide bonds. The molecule has 5 nitrogen and oxygen atoms in total. The Labute approximate surface area is 108 Å². The molecular weight excluding hydrogens is 254 g/mol. The summed E-state index contributed by atoms with van der Waals surface area (Å²) in [5, 5.41) is 3.40. The first-order valence-electron chi connectivity index (χ1n) is 5.38. The SMILES string of the molecule is COC(C)=NOS(=O)(=O)c1c(C)cc(C)cc1C. The fourth-order valence-corrected chi connectivity index (χ4v) is 2.92. The monoisotopic (exact) mass is 271 g/mol. The van der Waals surface area contributed by atoms with Crippen molar-refractivity contribution in [2.45, 2.75) is 32.6 Å². The Morgan fingerprint density at radius 3 is 2.11 bits per heavy atom. The van der Waals surface area contributed by atoms with Gasteiger partial charge >= 0.3 is 10.1 Å². The zero-order chi connectivity index (χ0) is 13.9. The van der Waals surface area contributed by atoms with Gasteiger partial charge in [0.05, 0.1) is 7.11 Å². The lowest BCUT2D eigenvalue weighted by molar-refractivity contribution is 0.304. The van der Waals surface area contributed by atoms with Crippen LogP contribution in [0.1, 0.15) is 23.6 Å². The molecule has 0 unspecified atom stereocenters. The Morgan fingerprint density at radius 2 is 1.67 bits per heavy atom. The third-order valence-electron chi connectivity index (χ3n) is 2.41. The Hall–Kier alpha value is -1.56. The van der Waals surface area contributed by atoms with Gasteiger partial charge in [-0.3, -0.25) is 4.28 Å². The summed E-state index contributed by atoms with van der Waals surface area (Å²) in [5.74, 6) is 0.140. The number of benzene rings is 1. The second kappa shape index (κ2) is 5.39. The Balaban J connectivity index is 3.22. The lowest BCUT2D eigenvalue weighted by Gasteiger charge is -2.10. The summed E-state index contributed by atoms with van der Waals surface area (Å²) in [7, 11) is -2.52. The molecule has 0 fully saturated rings. The number of nitrogens with zero attached hydrogens (tertiary/aromatic N) is 1. The maximum atomic E-state index is 12.0. The predicted octanol–water partition coefficient (Wildman–Crippen LogP) is 2.30. The quantitative estimate of drug-likeness (QED) is 0.480. The van der Waals surface area contributed by atoms with Gasteiger partial charge in [-0.05, 0) is 37.1 Å². The topological polar surface area (TPSA) is 65.0 Å². The van der Waals surface area contributed by atoms with Crippen LogP contribution >= 0.6 is 0 Å². The van der Waals surface area contributed by atoms with E-state index >= 15 is 0 Å². The van der Waals surface area contributed by atoms with Gasteiger partial charge in [0.1, 0.15) is 4.90 Å². The molecule has 1 aromatic carbocycles. The minimum Gasteiger partial charge on any atom is -0.482 e. The van der Waals surface area contributed by atoms with Crippen LogP contribution in [-0.2, 0) is 19.1 Å². The van der Waals surface area contributed by atoms with Gasteiger partial charge in [0.2, 0.25) is 5.90 Å². The normalized spacial score (nSPS) is 12.4. The highest BCUT2D eigenvalue weighted by atomic mass is 32.2. The molecule has 0 heterocycles. The molecule has 0 atom stereocenters. The van der Waals surface area contributed by atoms with Gasteiger partial charge in [0.25, 0.3) is 0 Å². The van der Waals surface area contributed by atoms with E-state index in [1.807, 2.05) is 6.92 Å². The molecule has 0 aromatic heterocycles. The third kappa shape index (κ3) is 3.22. The van der Waals surface area contributed by atoms with Crippen LogP contribution in [0.2, 0.25) is 0 Å². The van der Waals surface area contributed by atoms with Crippen LogP contribution < -0.4 is 0 Å². The number of aryl methyl sites for hydroxylation is 3. The van der Waals surface area contributed by atoms with Gasteiger partial charge < -0.3 is 4.74 Å². The largest absolute Gasteiger partial charge is 0.482 e. The molecule has 0 aliphatic heterocycles. The average molecular weight is 271 g/mol. The molecular formula is C12H17NO4S. The van der Waals surface area contributed by atoms with Crippen molar-refractivity contribution in [3.8, 4) is 0 Å². The summed E-state index contributed by atoms with van der Waals surface area (Å²) in [4.78, 5) is 0.153. The number of hydrogen-bond acceptors (Lipinski definition) is 5. The zero-order valence-electron chi connectivity index (χ0n) is 11.1. The predicted molar refractivity (Wildman–Crippen MR) is 69.0 cm³/mol. The van der Waals surface area contributed by atoms with Gasteiger partial charge in [0, 0.05) is 6.92 Å². The Kier molecular flexibility index (Phi) is 4.34. The van der Waals surface area contributed by atoms with Crippen LogP contribution in [-0.4, -0.2) is 21.4 Å². The van der Waals surface area contributed by atoms with E-state index in [9.17, 15) is 8.42 Å². The minimum absolute atomic E-state index is 0.140. The highest BCUT2D eigenvalue weighted by molar-refractivity contribution is 7.86. The molecule has 6 heteroatoms. The van der Waals surface area contributed by atoms with Gasteiger partial charge in [-0.1, -0.05) is 17.7 Å². The van der Waals surface area contributed by atoms with Crippen LogP contribution in [0.5, 0.6) is 0 Å². The summed E-state index contributed by atoms with van der Waals surface area (Å²) in [6.45, 7) is 6.86. The molecule has 0 saturated carbocycles. The summed E-state index contributed by atoms with van der Waals surface area (Å²) < 4.78 is 33.4. The maximum absolute atomic E-state index is 12.0. The molecule has 1 rings (SSSR count). The molecule has 0 aliphatic carbocycles. The molecule has 0 aliphatic rings. The van der Waals surface area contributed by atoms with Crippen LogP contribution in [0.15, 0.2) is 22.2 Å². The number of oxime groups is 1. The first-order chi connectivity index (χ1) is 8.27. The highest BCUT2D eigenvalue weighted by Crippen LogP contribution is 2.23. The average Bonchev–Trinajstić information content (AvgIpc) is 2.24. The van der Waals surface area contributed by atoms with Crippen molar-refractivity contribution >= 4 is 16.0 Å². The zero-order valence-corrected chi connectivity index (χ0v) is 12.0. The van der Waals surface area contributed by atoms with E-state index in [2.05, 4.69) is 9.44 Å². The van der Waals surface area contributed by atoms with Crippen molar-refractivity contribution in [2.75, 3.05) is 7.11 Å². The van der Waals surface area contributed by atoms with Crippen LogP contribution in [0, 0.1) is 20.8 Å². The Bertz CT molecular complexity index is 553. The summed E-state index contributed by atoms with van der Waals surface area (Å²) >= 11 is 0. The number of rotatable bonds is 3. The molecule has 1 aromatic rings. The van der Waals surface area contributed by atoms with Gasteiger partial charge in [-0.25, -0.2) is 0 Å².